The molecule has 8 nitrogen and oxygen atoms in total. The van der Waals surface area contributed by atoms with Gasteiger partial charge in [0.1, 0.15) is 24.8 Å². The van der Waals surface area contributed by atoms with Crippen molar-refractivity contribution in [1.29, 1.82) is 0 Å². The minimum atomic E-state index is -1.08. The van der Waals surface area contributed by atoms with E-state index in [0.29, 0.717) is 0 Å². The molecule has 18 heavy (non-hydrogen) atoms. The van der Waals surface area contributed by atoms with Gasteiger partial charge in [-0.1, -0.05) is 0 Å². The summed E-state index contributed by atoms with van der Waals surface area (Å²) in [6.45, 7) is -0.739. The molecule has 0 aliphatic heterocycles. The van der Waals surface area contributed by atoms with Gasteiger partial charge in [0.15, 0.2) is 0 Å². The maximum absolute atomic E-state index is 10.2. The van der Waals surface area contributed by atoms with Crippen LogP contribution in [-0.4, -0.2) is 58.8 Å². The van der Waals surface area contributed by atoms with Crippen molar-refractivity contribution in [3.63, 3.8) is 0 Å². The SMILES string of the molecule is O=C(O)CNC(=O)CCl.O=C(O)CNC(=O)CCl. The van der Waals surface area contributed by atoms with Gasteiger partial charge >= 0.3 is 11.9 Å². The molecule has 0 rings (SSSR count). The van der Waals surface area contributed by atoms with Crippen LogP contribution in [0.15, 0.2) is 0 Å². The van der Waals surface area contributed by atoms with Crippen LogP contribution in [0.5, 0.6) is 0 Å². The van der Waals surface area contributed by atoms with Gasteiger partial charge in [0.2, 0.25) is 11.8 Å². The third kappa shape index (κ3) is 16.9. The molecule has 0 saturated carbocycles. The molecule has 2 amide bonds. The second-order valence-corrected chi connectivity index (χ2v) is 3.14. The molecule has 0 radical (unpaired) electrons. The summed E-state index contributed by atoms with van der Waals surface area (Å²) in [6.07, 6.45) is 0. The summed E-state index contributed by atoms with van der Waals surface area (Å²) in [5, 5.41) is 20.1. The van der Waals surface area contributed by atoms with Crippen molar-refractivity contribution in [3.05, 3.63) is 0 Å². The van der Waals surface area contributed by atoms with Crippen molar-refractivity contribution in [2.45, 2.75) is 0 Å². The average molecular weight is 303 g/mol. The Morgan fingerprint density at radius 2 is 1.06 bits per heavy atom. The third-order valence-electron chi connectivity index (χ3n) is 1.12. The first-order valence-corrected chi connectivity index (χ1v) is 5.49. The second-order valence-electron chi connectivity index (χ2n) is 2.61. The Labute approximate surface area is 112 Å². The van der Waals surface area contributed by atoms with E-state index >= 15 is 0 Å². The zero-order chi connectivity index (χ0) is 14.6. The molecule has 104 valence electrons. The molecule has 0 bridgehead atoms. The third-order valence-corrected chi connectivity index (χ3v) is 1.60. The zero-order valence-corrected chi connectivity index (χ0v) is 10.6. The quantitative estimate of drug-likeness (QED) is 0.458. The number of halogens is 2. The highest BCUT2D eigenvalue weighted by molar-refractivity contribution is 6.27. The van der Waals surface area contributed by atoms with E-state index in [0.717, 1.165) is 0 Å². The number of carboxylic acid groups (broad SMARTS) is 2. The number of hydrogen-bond acceptors (Lipinski definition) is 4. The van der Waals surface area contributed by atoms with Crippen LogP contribution in [0.2, 0.25) is 0 Å². The normalized spacial score (nSPS) is 8.56. The summed E-state index contributed by atoms with van der Waals surface area (Å²) >= 11 is 10.1. The minimum absolute atomic E-state index is 0.201. The first-order valence-electron chi connectivity index (χ1n) is 4.42. The lowest BCUT2D eigenvalue weighted by Gasteiger charge is -1.94. The second kappa shape index (κ2) is 11.9. The van der Waals surface area contributed by atoms with E-state index in [9.17, 15) is 19.2 Å². The summed E-state index contributed by atoms with van der Waals surface area (Å²) in [5.74, 6) is -3.50. The van der Waals surface area contributed by atoms with Gasteiger partial charge in [-0.05, 0) is 0 Å². The Morgan fingerprint density at radius 1 is 0.778 bits per heavy atom. The predicted molar refractivity (Wildman–Crippen MR) is 62.7 cm³/mol. The number of carboxylic acids is 2. The molecule has 0 atom stereocenters. The van der Waals surface area contributed by atoms with E-state index in [1.54, 1.807) is 0 Å². The van der Waals surface area contributed by atoms with Crippen molar-refractivity contribution in [3.8, 4) is 0 Å². The van der Waals surface area contributed by atoms with Gasteiger partial charge in [-0.15, -0.1) is 23.2 Å². The van der Waals surface area contributed by atoms with Crippen LogP contribution in [0.4, 0.5) is 0 Å². The molecule has 0 fully saturated rings. The average Bonchev–Trinajstić information content (AvgIpc) is 2.33. The van der Waals surface area contributed by atoms with Gasteiger partial charge in [0.05, 0.1) is 0 Å². The lowest BCUT2D eigenvalue weighted by molar-refractivity contribution is -0.138. The Morgan fingerprint density at radius 3 is 1.22 bits per heavy atom. The molecule has 0 aliphatic rings. The molecule has 0 aromatic carbocycles. The monoisotopic (exact) mass is 302 g/mol. The molecule has 0 aromatic rings. The van der Waals surface area contributed by atoms with Crippen molar-refractivity contribution < 1.29 is 29.4 Å². The number of rotatable bonds is 6. The van der Waals surface area contributed by atoms with Gasteiger partial charge in [0, 0.05) is 0 Å². The molecule has 0 unspecified atom stereocenters. The van der Waals surface area contributed by atoms with Gasteiger partial charge in [-0.25, -0.2) is 0 Å². The topological polar surface area (TPSA) is 133 Å². The van der Waals surface area contributed by atoms with E-state index < -0.39 is 23.8 Å². The van der Waals surface area contributed by atoms with Crippen LogP contribution in [0, 0.1) is 0 Å². The molecule has 0 aromatic heterocycles. The highest BCUT2D eigenvalue weighted by atomic mass is 35.5. The summed E-state index contributed by atoms with van der Waals surface area (Å²) < 4.78 is 0. The zero-order valence-electron chi connectivity index (χ0n) is 9.11. The Kier molecular flexibility index (Phi) is 12.5. The van der Waals surface area contributed by atoms with E-state index in [-0.39, 0.29) is 24.8 Å². The van der Waals surface area contributed by atoms with Crippen molar-refractivity contribution in [2.24, 2.45) is 0 Å². The molecule has 0 heterocycles. The maximum atomic E-state index is 10.2. The van der Waals surface area contributed by atoms with Crippen LogP contribution in [-0.2, 0) is 19.2 Å². The van der Waals surface area contributed by atoms with Crippen molar-refractivity contribution in [1.82, 2.24) is 10.6 Å². The highest BCUT2D eigenvalue weighted by Crippen LogP contribution is 1.73. The molecule has 0 saturated heterocycles. The van der Waals surface area contributed by atoms with Gasteiger partial charge < -0.3 is 20.8 Å². The van der Waals surface area contributed by atoms with E-state index in [1.807, 2.05) is 0 Å². The van der Waals surface area contributed by atoms with Crippen LogP contribution in [0.25, 0.3) is 0 Å². The number of amides is 2. The first-order chi connectivity index (χ1) is 8.33. The first kappa shape index (κ1) is 18.8. The van der Waals surface area contributed by atoms with Gasteiger partial charge in [0.25, 0.3) is 0 Å². The number of aliphatic carboxylic acids is 2. The Bertz CT molecular complexity index is 280. The molecule has 4 N–H and O–H groups in total. The van der Waals surface area contributed by atoms with Crippen LogP contribution >= 0.6 is 23.2 Å². The molecular weight excluding hydrogens is 291 g/mol. The van der Waals surface area contributed by atoms with Crippen molar-refractivity contribution in [2.75, 3.05) is 24.8 Å². The number of carbonyl (C=O) groups is 4. The van der Waals surface area contributed by atoms with Crippen LogP contribution in [0.3, 0.4) is 0 Å². The summed E-state index contributed by atoms with van der Waals surface area (Å²) in [6, 6.07) is 0. The summed E-state index contributed by atoms with van der Waals surface area (Å²) in [7, 11) is 0. The van der Waals surface area contributed by atoms with E-state index in [2.05, 4.69) is 10.6 Å². The number of alkyl halides is 2. The maximum Gasteiger partial charge on any atom is 0.322 e. The lowest BCUT2D eigenvalue weighted by atomic mass is 10.6. The van der Waals surface area contributed by atoms with Crippen LogP contribution in [0.1, 0.15) is 0 Å². The molecule has 0 spiro atoms. The van der Waals surface area contributed by atoms with Crippen LogP contribution < -0.4 is 10.6 Å². The minimum Gasteiger partial charge on any atom is -0.480 e. The smallest absolute Gasteiger partial charge is 0.322 e. The van der Waals surface area contributed by atoms with Gasteiger partial charge in [-0.3, -0.25) is 19.2 Å². The fraction of sp³-hybridized carbons (Fsp3) is 0.500. The lowest BCUT2D eigenvalue weighted by Crippen LogP contribution is -2.29. The molecule has 10 heteroatoms. The van der Waals surface area contributed by atoms with Gasteiger partial charge in [-0.2, -0.15) is 0 Å². The predicted octanol–water partition coefficient (Wildman–Crippen LogP) is -1.15. The summed E-state index contributed by atoms with van der Waals surface area (Å²) in [5.41, 5.74) is 0. The highest BCUT2D eigenvalue weighted by Gasteiger charge is 2.00. The Hall–Kier alpha value is -1.54. The Balaban J connectivity index is 0. The number of carbonyl (C=O) groups excluding carboxylic acids is 2. The fourth-order valence-corrected chi connectivity index (χ4v) is 0.632. The van der Waals surface area contributed by atoms with E-state index in [4.69, 9.17) is 33.4 Å². The molecule has 0 aliphatic carbocycles. The fourth-order valence-electron chi connectivity index (χ4n) is 0.443. The largest absolute Gasteiger partial charge is 0.480 e. The number of nitrogens with one attached hydrogen (secondary N) is 2. The van der Waals surface area contributed by atoms with E-state index in [1.165, 1.54) is 0 Å². The number of hydrogen-bond donors (Lipinski definition) is 4. The summed E-state index contributed by atoms with van der Waals surface area (Å²) in [4.78, 5) is 39.9. The molecular formula is C8H12Cl2N2O6. The van der Waals surface area contributed by atoms with Crippen molar-refractivity contribution >= 4 is 47.0 Å². The standard InChI is InChI=1S/2C4H6ClNO3/c2*5-1-3(7)6-2-4(8)9/h2*1-2H2,(H,6,7)(H,8,9).